The normalized spacial score (nSPS) is 13.5. The van der Waals surface area contributed by atoms with Crippen LogP contribution < -0.4 is 10.9 Å². The van der Waals surface area contributed by atoms with Gasteiger partial charge in [0.1, 0.15) is 0 Å². The first-order valence-electron chi connectivity index (χ1n) is 27.9. The number of benzene rings is 10. The van der Waals surface area contributed by atoms with Crippen molar-refractivity contribution in [2.24, 2.45) is 0 Å². The molecule has 0 amide bonds. The van der Waals surface area contributed by atoms with Crippen LogP contribution in [0.5, 0.6) is 0 Å². The van der Waals surface area contributed by atoms with Crippen LogP contribution in [0.3, 0.4) is 0 Å². The molecule has 0 unspecified atom stereocenters. The summed E-state index contributed by atoms with van der Waals surface area (Å²) in [6.07, 6.45) is 0. The Labute approximate surface area is 571 Å². The molecule has 34 heteroatoms. The summed E-state index contributed by atoms with van der Waals surface area (Å²) in [7, 11) is 0. The zero-order valence-corrected chi connectivity index (χ0v) is 53.5. The monoisotopic (exact) mass is 1690 g/mol. The maximum atomic E-state index is 15.9. The molecule has 0 atom stereocenters. The molecule has 0 fully saturated rings. The van der Waals surface area contributed by atoms with E-state index in [0.29, 0.717) is 0 Å². The Bertz CT molecular complexity index is 4580. The summed E-state index contributed by atoms with van der Waals surface area (Å²) in [5, 5.41) is 0. The van der Waals surface area contributed by atoms with Crippen LogP contribution in [0.25, 0.3) is 36.4 Å². The number of rotatable bonds is 10. The molecule has 0 bridgehead atoms. The molecule has 0 saturated heterocycles. The van der Waals surface area contributed by atoms with E-state index in [1.54, 1.807) is 0 Å². The Hall–Kier alpha value is -9.23. The number of hydrogen-bond acceptors (Lipinski definition) is 0. The SMILES string of the molecule is Fc1c(F)c(F)c(B2C(c3c(F)c(F)c(F)c(F)c3F)=C(c3ccccc3)[Te]C(c3ccccc3)=C2c2c(F)c(F)c(F)c(F)c2F)c(F)c1F.Fc1c(F)c(F)c(B2C(c3c(F)c(F)c(F)c(F)c3F)=C(c3ccccc3)[Te]C(c3ccccc3)=C2c2c(F)c(F)c(F)c(F)c2F)c(F)c1F. The Morgan fingerprint density at radius 2 is 0.284 bits per heavy atom. The minimum absolute atomic E-state index is 0.197. The fourth-order valence-corrected chi connectivity index (χ4v) is 19.0. The van der Waals surface area contributed by atoms with Gasteiger partial charge in [-0.05, 0) is 0 Å². The molecule has 10 aromatic rings. The van der Waals surface area contributed by atoms with Gasteiger partial charge >= 0.3 is 575 Å². The second-order valence-corrected chi connectivity index (χ2v) is 27.1. The van der Waals surface area contributed by atoms with Crippen molar-refractivity contribution >= 4 is 103 Å². The van der Waals surface area contributed by atoms with E-state index in [2.05, 4.69) is 0 Å². The van der Waals surface area contributed by atoms with E-state index in [9.17, 15) is 79.0 Å². The van der Waals surface area contributed by atoms with Crippen molar-refractivity contribution in [2.75, 3.05) is 0 Å². The molecule has 0 nitrogen and oxygen atoms in total. The third kappa shape index (κ3) is 12.0. The Morgan fingerprint density at radius 3 is 0.431 bits per heavy atom. The molecular weight excluding hydrogens is 1660 g/mol. The molecule has 520 valence electrons. The van der Waals surface area contributed by atoms with E-state index in [1.165, 1.54) is 72.8 Å². The molecule has 0 radical (unpaired) electrons. The fraction of sp³-hybridized carbons (Fsp3) is 0. The van der Waals surface area contributed by atoms with Crippen LogP contribution in [0.15, 0.2) is 121 Å². The number of halogens is 30. The summed E-state index contributed by atoms with van der Waals surface area (Å²) in [5.41, 5.74) is -19.1. The van der Waals surface area contributed by atoms with Crippen LogP contribution in [-0.2, 0) is 0 Å². The van der Waals surface area contributed by atoms with Crippen LogP contribution in [0.4, 0.5) is 132 Å². The standard InChI is InChI=1S/2C34H10BF15Te/c2*36-18-13(19(37)25(43)30(48)24(18)42)15-33(11-7-3-1-4-8-11)51-34(12-9-5-2-6-10-12)16(14-20(38)26(44)31(49)27(45)21(14)39)35(15)17-22(40)28(46)32(50)29(47)23(17)41/h2*1-10H. The minimum atomic E-state index is -3.21. The Kier molecular flexibility index (Phi) is 20.7. The zero-order chi connectivity index (χ0) is 74.4. The van der Waals surface area contributed by atoms with Gasteiger partial charge in [-0.1, -0.05) is 0 Å². The molecule has 2 aliphatic rings. The first-order chi connectivity index (χ1) is 48.2. The van der Waals surface area contributed by atoms with E-state index >= 15 is 52.7 Å². The molecule has 2 heterocycles. The molecule has 102 heavy (non-hydrogen) atoms. The predicted molar refractivity (Wildman–Crippen MR) is 313 cm³/mol. The van der Waals surface area contributed by atoms with Crippen LogP contribution >= 0.6 is 0 Å². The average molecular weight is 1680 g/mol. The van der Waals surface area contributed by atoms with Gasteiger partial charge < -0.3 is 0 Å². The molecule has 0 spiro atoms. The third-order valence-corrected chi connectivity index (χ3v) is 23.2. The first-order valence-corrected chi connectivity index (χ1v) is 32.5. The van der Waals surface area contributed by atoms with Crippen molar-refractivity contribution in [1.29, 1.82) is 0 Å². The van der Waals surface area contributed by atoms with Crippen molar-refractivity contribution in [2.45, 2.75) is 0 Å². The van der Waals surface area contributed by atoms with Gasteiger partial charge in [0.25, 0.3) is 0 Å². The van der Waals surface area contributed by atoms with Crippen molar-refractivity contribution in [1.82, 2.24) is 0 Å². The van der Waals surface area contributed by atoms with Gasteiger partial charge in [0.05, 0.1) is 0 Å². The second-order valence-electron chi connectivity index (χ2n) is 21.3. The quantitative estimate of drug-likeness (QED) is 0.0554. The fourth-order valence-electron chi connectivity index (χ4n) is 11.2. The van der Waals surface area contributed by atoms with E-state index in [1.807, 2.05) is 0 Å². The summed E-state index contributed by atoms with van der Waals surface area (Å²) in [6.45, 7) is -6.42. The summed E-state index contributed by atoms with van der Waals surface area (Å²) in [4.78, 5) is 0. The van der Waals surface area contributed by atoms with Crippen LogP contribution in [0.2, 0.25) is 0 Å². The topological polar surface area (TPSA) is 0 Å². The van der Waals surface area contributed by atoms with E-state index < -0.39 is 299 Å². The second kappa shape index (κ2) is 28.5. The summed E-state index contributed by atoms with van der Waals surface area (Å²) >= 11 is -5.47. The van der Waals surface area contributed by atoms with Gasteiger partial charge in [-0.3, -0.25) is 0 Å². The molecule has 0 aromatic heterocycles. The Balaban J connectivity index is 0.000000205. The molecular formula is C68H20B2F30Te2. The van der Waals surface area contributed by atoms with Crippen molar-refractivity contribution < 1.29 is 132 Å². The maximum absolute atomic E-state index is 15.9. The Morgan fingerprint density at radius 1 is 0.157 bits per heavy atom. The van der Waals surface area contributed by atoms with Gasteiger partial charge in [-0.25, -0.2) is 0 Å². The molecule has 0 N–H and O–H groups in total. The molecule has 0 saturated carbocycles. The van der Waals surface area contributed by atoms with E-state index in [0.717, 1.165) is 48.5 Å². The van der Waals surface area contributed by atoms with Gasteiger partial charge in [0.2, 0.25) is 0 Å². The predicted octanol–water partition coefficient (Wildman–Crippen LogP) is 18.8. The zero-order valence-electron chi connectivity index (χ0n) is 48.9. The van der Waals surface area contributed by atoms with Crippen LogP contribution in [0, 0.1) is 175 Å². The van der Waals surface area contributed by atoms with Crippen LogP contribution in [0.1, 0.15) is 44.5 Å². The van der Waals surface area contributed by atoms with Crippen molar-refractivity contribution in [3.63, 3.8) is 0 Å². The molecule has 12 rings (SSSR count). The van der Waals surface area contributed by atoms with E-state index in [4.69, 9.17) is 0 Å². The molecule has 0 aliphatic carbocycles. The van der Waals surface area contributed by atoms with E-state index in [-0.39, 0.29) is 22.3 Å². The molecule has 10 aromatic carbocycles. The van der Waals surface area contributed by atoms with Gasteiger partial charge in [-0.15, -0.1) is 0 Å². The third-order valence-electron chi connectivity index (χ3n) is 15.7. The van der Waals surface area contributed by atoms with Crippen molar-refractivity contribution in [3.05, 3.63) is 340 Å². The first kappa shape index (κ1) is 74.0. The van der Waals surface area contributed by atoms with Gasteiger partial charge in [0, 0.05) is 0 Å². The summed E-state index contributed by atoms with van der Waals surface area (Å²) in [5.74, 6) is -81.7. The van der Waals surface area contributed by atoms with Crippen LogP contribution in [-0.4, -0.2) is 55.3 Å². The average Bonchev–Trinajstić information content (AvgIpc) is 0.711. The number of hydrogen-bond donors (Lipinski definition) is 0. The molecule has 2 aliphatic heterocycles. The van der Waals surface area contributed by atoms with Crippen molar-refractivity contribution in [3.8, 4) is 0 Å². The van der Waals surface area contributed by atoms with Gasteiger partial charge in [-0.2, -0.15) is 0 Å². The summed E-state index contributed by atoms with van der Waals surface area (Å²) < 4.78 is 452. The van der Waals surface area contributed by atoms with Gasteiger partial charge in [0.15, 0.2) is 0 Å². The summed E-state index contributed by atoms with van der Waals surface area (Å²) in [6, 6.07) is 24.9.